The van der Waals surface area contributed by atoms with Crippen molar-refractivity contribution < 1.29 is 9.13 Å². The Morgan fingerprint density at radius 1 is 1.16 bits per heavy atom. The zero-order chi connectivity index (χ0) is 22.2. The molecule has 9 heteroatoms. The van der Waals surface area contributed by atoms with Crippen molar-refractivity contribution in [2.75, 3.05) is 24.6 Å². The second-order valence-electron chi connectivity index (χ2n) is 7.10. The first kappa shape index (κ1) is 25.0. The normalized spacial score (nSPS) is 11.3. The van der Waals surface area contributed by atoms with Crippen molar-refractivity contribution in [3.05, 3.63) is 71.8 Å². The molecule has 7 nitrogen and oxygen atoms in total. The number of para-hydroxylation sites is 1. The zero-order valence-corrected chi connectivity index (χ0v) is 18.9. The Labute approximate surface area is 193 Å². The van der Waals surface area contributed by atoms with E-state index in [0.29, 0.717) is 23.9 Å². The van der Waals surface area contributed by atoms with Gasteiger partial charge < -0.3 is 21.1 Å². The van der Waals surface area contributed by atoms with Crippen molar-refractivity contribution in [3.8, 4) is 11.5 Å². The number of aromatic nitrogens is 2. The predicted octanol–water partition coefficient (Wildman–Crippen LogP) is 4.63. The highest BCUT2D eigenvalue weighted by Gasteiger charge is 2.21. The van der Waals surface area contributed by atoms with Crippen LogP contribution in [0.3, 0.4) is 0 Å². The molecule has 0 saturated heterocycles. The van der Waals surface area contributed by atoms with E-state index in [1.54, 1.807) is 18.2 Å². The van der Waals surface area contributed by atoms with Gasteiger partial charge in [-0.2, -0.15) is 0 Å². The summed E-state index contributed by atoms with van der Waals surface area (Å²) in [5, 5.41) is 15.1. The smallest absolute Gasteiger partial charge is 0.141 e. The third kappa shape index (κ3) is 6.15. The zero-order valence-electron chi connectivity index (χ0n) is 18.1. The van der Waals surface area contributed by atoms with Crippen LogP contribution in [0.25, 0.3) is 0 Å². The molecule has 1 aromatic heterocycles. The Morgan fingerprint density at radius 2 is 1.91 bits per heavy atom. The van der Waals surface area contributed by atoms with Gasteiger partial charge in [0.25, 0.3) is 0 Å². The number of hydrogen-bond donors (Lipinski definition) is 4. The Hall–Kier alpha value is -3.23. The van der Waals surface area contributed by atoms with Gasteiger partial charge in [0.15, 0.2) is 0 Å². The molecule has 170 valence electrons. The van der Waals surface area contributed by atoms with Gasteiger partial charge in [-0.05, 0) is 37.7 Å². The number of ether oxygens (including phenoxy) is 1. The highest BCUT2D eigenvalue weighted by Crippen LogP contribution is 2.27. The number of hydrogen-bond acceptors (Lipinski definition) is 7. The summed E-state index contributed by atoms with van der Waals surface area (Å²) >= 11 is 0. The topological polar surface area (TPSA) is 109 Å². The number of nitrogens with one attached hydrogen (secondary N) is 3. The number of nitrogen functional groups attached to an aromatic ring is 1. The molecule has 32 heavy (non-hydrogen) atoms. The lowest BCUT2D eigenvalue weighted by molar-refractivity contribution is 0.476. The molecule has 0 aliphatic rings. The SMILES string of the molecule is CCCC(CNC)Nc1ncnc(N)c1C(=N)c1ccc(Oc2ccccc2)cc1F.Cl. The minimum atomic E-state index is -0.590. The van der Waals surface area contributed by atoms with Crippen LogP contribution in [0.4, 0.5) is 16.0 Å². The molecule has 0 fully saturated rings. The molecule has 1 unspecified atom stereocenters. The molecule has 0 saturated carbocycles. The van der Waals surface area contributed by atoms with Gasteiger partial charge in [-0.1, -0.05) is 31.5 Å². The highest BCUT2D eigenvalue weighted by atomic mass is 35.5. The van der Waals surface area contributed by atoms with E-state index in [-0.39, 0.29) is 41.1 Å². The summed E-state index contributed by atoms with van der Waals surface area (Å²) in [6.45, 7) is 2.81. The quantitative estimate of drug-likeness (QED) is 0.330. The molecule has 0 radical (unpaired) electrons. The number of nitrogens with zero attached hydrogens (tertiary/aromatic N) is 2. The Balaban J connectivity index is 0.00000363. The van der Waals surface area contributed by atoms with Gasteiger partial charge in [-0.3, -0.25) is 5.41 Å². The minimum Gasteiger partial charge on any atom is -0.457 e. The van der Waals surface area contributed by atoms with Gasteiger partial charge in [-0.25, -0.2) is 14.4 Å². The Bertz CT molecular complexity index is 1030. The Morgan fingerprint density at radius 3 is 2.56 bits per heavy atom. The first-order valence-electron chi connectivity index (χ1n) is 10.2. The van der Waals surface area contributed by atoms with Crippen molar-refractivity contribution in [1.29, 1.82) is 5.41 Å². The number of benzene rings is 2. The average Bonchev–Trinajstić information content (AvgIpc) is 2.75. The van der Waals surface area contributed by atoms with Crippen molar-refractivity contribution in [2.45, 2.75) is 25.8 Å². The number of halogens is 2. The maximum Gasteiger partial charge on any atom is 0.141 e. The lowest BCUT2D eigenvalue weighted by Crippen LogP contribution is -2.32. The number of anilines is 2. The summed E-state index contributed by atoms with van der Waals surface area (Å²) in [5.74, 6) is 0.880. The van der Waals surface area contributed by atoms with E-state index in [9.17, 15) is 4.39 Å². The number of rotatable bonds is 10. The van der Waals surface area contributed by atoms with Crippen molar-refractivity contribution >= 4 is 29.8 Å². The van der Waals surface area contributed by atoms with E-state index < -0.39 is 5.82 Å². The summed E-state index contributed by atoms with van der Waals surface area (Å²) < 4.78 is 20.6. The van der Waals surface area contributed by atoms with Crippen LogP contribution in [0.15, 0.2) is 54.9 Å². The van der Waals surface area contributed by atoms with Crippen molar-refractivity contribution in [3.63, 3.8) is 0 Å². The summed E-state index contributed by atoms with van der Waals surface area (Å²) in [6.07, 6.45) is 3.21. The summed E-state index contributed by atoms with van der Waals surface area (Å²) in [7, 11) is 1.87. The molecule has 3 aromatic rings. The first-order valence-corrected chi connectivity index (χ1v) is 10.2. The predicted molar refractivity (Wildman–Crippen MR) is 129 cm³/mol. The van der Waals surface area contributed by atoms with E-state index in [2.05, 4.69) is 27.5 Å². The molecule has 2 aromatic carbocycles. The van der Waals surface area contributed by atoms with Crippen LogP contribution in [0.1, 0.15) is 30.9 Å². The lowest BCUT2D eigenvalue weighted by Gasteiger charge is -2.21. The fourth-order valence-electron chi connectivity index (χ4n) is 3.29. The second-order valence-corrected chi connectivity index (χ2v) is 7.10. The molecule has 3 rings (SSSR count). The van der Waals surface area contributed by atoms with Crippen LogP contribution in [-0.2, 0) is 0 Å². The average molecular weight is 459 g/mol. The number of likely N-dealkylation sites (N-methyl/N-ethyl adjacent to an activating group) is 1. The molecule has 0 aliphatic carbocycles. The van der Waals surface area contributed by atoms with E-state index in [1.807, 2.05) is 25.2 Å². The maximum atomic E-state index is 14.9. The summed E-state index contributed by atoms with van der Waals surface area (Å²) in [6, 6.07) is 13.6. The van der Waals surface area contributed by atoms with Gasteiger partial charge in [0, 0.05) is 24.2 Å². The standard InChI is InChI=1S/C23H27FN6O.ClH/c1-3-7-15(13-27-2)30-23-20(22(26)28-14-29-23)21(25)18-11-10-17(12-19(18)24)31-16-8-5-4-6-9-16;/h4-6,8-12,14-15,25,27H,3,7,13H2,1-2H3,(H3,26,28,29,30);1H. The minimum absolute atomic E-state index is 0. The summed E-state index contributed by atoms with van der Waals surface area (Å²) in [5.41, 5.74) is 6.34. The summed E-state index contributed by atoms with van der Waals surface area (Å²) in [4.78, 5) is 8.29. The lowest BCUT2D eigenvalue weighted by atomic mass is 10.0. The largest absolute Gasteiger partial charge is 0.457 e. The van der Waals surface area contributed by atoms with E-state index in [1.165, 1.54) is 18.5 Å². The molecule has 0 bridgehead atoms. The third-order valence-electron chi connectivity index (χ3n) is 4.74. The van der Waals surface area contributed by atoms with Crippen LogP contribution in [0.2, 0.25) is 0 Å². The molecule has 1 atom stereocenters. The first-order chi connectivity index (χ1) is 15.0. The van der Waals surface area contributed by atoms with Gasteiger partial charge in [0.1, 0.15) is 35.3 Å². The van der Waals surface area contributed by atoms with Crippen LogP contribution in [0, 0.1) is 11.2 Å². The van der Waals surface area contributed by atoms with E-state index in [0.717, 1.165) is 12.8 Å². The van der Waals surface area contributed by atoms with Crippen LogP contribution in [-0.4, -0.2) is 35.3 Å². The molecule has 0 amide bonds. The van der Waals surface area contributed by atoms with Gasteiger partial charge >= 0.3 is 0 Å². The third-order valence-corrected chi connectivity index (χ3v) is 4.74. The molecular weight excluding hydrogens is 431 g/mol. The molecule has 0 aliphatic heterocycles. The maximum absolute atomic E-state index is 14.9. The van der Waals surface area contributed by atoms with Gasteiger partial charge in [0.2, 0.25) is 0 Å². The number of nitrogens with two attached hydrogens (primary N) is 1. The van der Waals surface area contributed by atoms with Gasteiger partial charge in [0.05, 0.1) is 11.3 Å². The highest BCUT2D eigenvalue weighted by molar-refractivity contribution is 6.16. The van der Waals surface area contributed by atoms with Crippen LogP contribution in [0.5, 0.6) is 11.5 Å². The van der Waals surface area contributed by atoms with Gasteiger partial charge in [-0.15, -0.1) is 12.4 Å². The van der Waals surface area contributed by atoms with E-state index >= 15 is 0 Å². The van der Waals surface area contributed by atoms with E-state index in [4.69, 9.17) is 15.9 Å². The molecular formula is C23H28ClFN6O. The van der Waals surface area contributed by atoms with Crippen LogP contribution >= 0.6 is 12.4 Å². The second kappa shape index (κ2) is 12.0. The van der Waals surface area contributed by atoms with Crippen molar-refractivity contribution in [1.82, 2.24) is 15.3 Å². The molecule has 1 heterocycles. The molecule has 5 N–H and O–H groups in total. The fourth-order valence-corrected chi connectivity index (χ4v) is 3.29. The molecule has 0 spiro atoms. The van der Waals surface area contributed by atoms with Crippen LogP contribution < -0.4 is 21.1 Å². The monoisotopic (exact) mass is 458 g/mol. The fraction of sp³-hybridized carbons (Fsp3) is 0.261. The van der Waals surface area contributed by atoms with Crippen molar-refractivity contribution in [2.24, 2.45) is 0 Å². The Kier molecular flexibility index (Phi) is 9.37.